The molecule has 1 aliphatic rings. The largest absolute Gasteiger partial charge is 0.368 e. The topological polar surface area (TPSA) is 66.6 Å². The van der Waals surface area contributed by atoms with Crippen LogP contribution in [0.1, 0.15) is 38.8 Å². The van der Waals surface area contributed by atoms with Crippen LogP contribution in [-0.4, -0.2) is 47.8 Å². The number of primary amides is 1. The fraction of sp³-hybridized carbons (Fsp3) is 0.556. The molecule has 1 aromatic carbocycles. The van der Waals surface area contributed by atoms with Gasteiger partial charge >= 0.3 is 0 Å². The Bertz CT molecular complexity index is 587. The highest BCUT2D eigenvalue weighted by atomic mass is 35.5. The molecule has 0 bridgehead atoms. The highest BCUT2D eigenvalue weighted by Crippen LogP contribution is 2.25. The van der Waals surface area contributed by atoms with E-state index in [4.69, 9.17) is 17.3 Å². The first-order valence-corrected chi connectivity index (χ1v) is 8.62. The second-order valence-electron chi connectivity index (χ2n) is 7.51. The van der Waals surface area contributed by atoms with Crippen LogP contribution in [0.2, 0.25) is 5.02 Å². The maximum absolute atomic E-state index is 12.3. The van der Waals surface area contributed by atoms with Crippen LogP contribution >= 0.6 is 11.6 Å². The van der Waals surface area contributed by atoms with Gasteiger partial charge in [0.2, 0.25) is 11.8 Å². The zero-order valence-electron chi connectivity index (χ0n) is 14.6. The molecule has 6 heteroatoms. The van der Waals surface area contributed by atoms with Crippen LogP contribution in [0.5, 0.6) is 0 Å². The second kappa shape index (κ2) is 7.53. The fourth-order valence-corrected chi connectivity index (χ4v) is 3.12. The Balaban J connectivity index is 2.02. The van der Waals surface area contributed by atoms with E-state index in [9.17, 15) is 9.59 Å². The lowest BCUT2D eigenvalue weighted by Gasteiger charge is -2.39. The van der Waals surface area contributed by atoms with Gasteiger partial charge in [0.25, 0.3) is 0 Å². The molecule has 24 heavy (non-hydrogen) atoms. The first-order valence-electron chi connectivity index (χ1n) is 8.24. The van der Waals surface area contributed by atoms with Crippen molar-refractivity contribution in [2.45, 2.75) is 33.2 Å². The molecule has 132 valence electrons. The number of rotatable bonds is 4. The highest BCUT2D eigenvalue weighted by Gasteiger charge is 2.31. The zero-order valence-corrected chi connectivity index (χ0v) is 15.3. The van der Waals surface area contributed by atoms with Crippen LogP contribution in [0.15, 0.2) is 24.3 Å². The summed E-state index contributed by atoms with van der Waals surface area (Å²) >= 11 is 5.91. The van der Waals surface area contributed by atoms with Crippen LogP contribution < -0.4 is 5.73 Å². The van der Waals surface area contributed by atoms with Gasteiger partial charge in [0.05, 0.1) is 0 Å². The maximum atomic E-state index is 12.3. The number of piperazine rings is 1. The molecular weight excluding hydrogens is 326 g/mol. The molecule has 2 amide bonds. The molecule has 0 radical (unpaired) electrons. The smallest absolute Gasteiger partial charge is 0.239 e. The lowest BCUT2D eigenvalue weighted by molar-refractivity contribution is -0.135. The number of carbonyl (C=O) groups is 2. The fourth-order valence-electron chi connectivity index (χ4n) is 3.00. The molecule has 2 N–H and O–H groups in total. The minimum absolute atomic E-state index is 0.0206. The molecule has 0 spiro atoms. The second-order valence-corrected chi connectivity index (χ2v) is 7.95. The third-order valence-electron chi connectivity index (χ3n) is 4.17. The summed E-state index contributed by atoms with van der Waals surface area (Å²) in [5.74, 6) is -0.212. The first-order chi connectivity index (χ1) is 11.2. The van der Waals surface area contributed by atoms with Gasteiger partial charge in [-0.3, -0.25) is 14.5 Å². The summed E-state index contributed by atoms with van der Waals surface area (Å²) in [5.41, 5.74) is 6.44. The summed E-state index contributed by atoms with van der Waals surface area (Å²) in [7, 11) is 0. The maximum Gasteiger partial charge on any atom is 0.239 e. The number of hydrogen-bond acceptors (Lipinski definition) is 3. The summed E-state index contributed by atoms with van der Waals surface area (Å²) in [4.78, 5) is 28.2. The van der Waals surface area contributed by atoms with Crippen molar-refractivity contribution in [3.05, 3.63) is 34.9 Å². The Hall–Kier alpha value is -1.59. The van der Waals surface area contributed by atoms with Gasteiger partial charge in [-0.05, 0) is 23.1 Å². The standard InChI is InChI=1S/C18H26ClN3O2/c1-18(2,3)12-15(23)21-8-10-22(11-9-21)16(17(20)24)13-4-6-14(19)7-5-13/h4-7,16H,8-12H2,1-3H3,(H2,20,24)/t16-/m1/s1. The molecule has 0 saturated carbocycles. The summed E-state index contributed by atoms with van der Waals surface area (Å²) in [5, 5.41) is 0.625. The van der Waals surface area contributed by atoms with Crippen molar-refractivity contribution in [3.63, 3.8) is 0 Å². The van der Waals surface area contributed by atoms with Gasteiger partial charge in [0.15, 0.2) is 0 Å². The van der Waals surface area contributed by atoms with E-state index in [2.05, 4.69) is 20.8 Å². The van der Waals surface area contributed by atoms with Crippen LogP contribution in [0.4, 0.5) is 0 Å². The number of carbonyl (C=O) groups excluding carboxylic acids is 2. The van der Waals surface area contributed by atoms with E-state index < -0.39 is 6.04 Å². The number of amides is 2. The Labute approximate surface area is 148 Å². The normalized spacial score (nSPS) is 17.6. The van der Waals surface area contributed by atoms with Crippen molar-refractivity contribution in [1.82, 2.24) is 9.80 Å². The van der Waals surface area contributed by atoms with E-state index in [1.165, 1.54) is 0 Å². The SMILES string of the molecule is CC(C)(C)CC(=O)N1CCN([C@@H](C(N)=O)c2ccc(Cl)cc2)CC1. The van der Waals surface area contributed by atoms with Crippen molar-refractivity contribution in [1.29, 1.82) is 0 Å². The zero-order chi connectivity index (χ0) is 17.9. The van der Waals surface area contributed by atoms with Gasteiger partial charge in [-0.2, -0.15) is 0 Å². The minimum Gasteiger partial charge on any atom is -0.368 e. The quantitative estimate of drug-likeness (QED) is 0.906. The van der Waals surface area contributed by atoms with E-state index in [-0.39, 0.29) is 17.2 Å². The predicted octanol–water partition coefficient (Wildman–Crippen LogP) is 2.45. The van der Waals surface area contributed by atoms with Gasteiger partial charge in [0, 0.05) is 37.6 Å². The lowest BCUT2D eigenvalue weighted by atomic mass is 9.91. The van der Waals surface area contributed by atoms with Crippen molar-refractivity contribution in [2.75, 3.05) is 26.2 Å². The van der Waals surface area contributed by atoms with E-state index in [0.29, 0.717) is 37.6 Å². The molecule has 1 saturated heterocycles. The van der Waals surface area contributed by atoms with E-state index in [1.807, 2.05) is 21.9 Å². The summed E-state index contributed by atoms with van der Waals surface area (Å²) in [6, 6.07) is 6.69. The molecule has 5 nitrogen and oxygen atoms in total. The molecule has 1 atom stereocenters. The van der Waals surface area contributed by atoms with Crippen LogP contribution in [0.3, 0.4) is 0 Å². The molecular formula is C18H26ClN3O2. The number of halogens is 1. The van der Waals surface area contributed by atoms with Gasteiger partial charge < -0.3 is 10.6 Å². The summed E-state index contributed by atoms with van der Waals surface area (Å²) < 4.78 is 0. The molecule has 1 aliphatic heterocycles. The van der Waals surface area contributed by atoms with E-state index >= 15 is 0 Å². The predicted molar refractivity (Wildman–Crippen MR) is 95.6 cm³/mol. The van der Waals surface area contributed by atoms with Crippen molar-refractivity contribution < 1.29 is 9.59 Å². The van der Waals surface area contributed by atoms with Crippen LogP contribution in [-0.2, 0) is 9.59 Å². The summed E-state index contributed by atoms with van der Waals surface area (Å²) in [6.45, 7) is 8.68. The van der Waals surface area contributed by atoms with Crippen LogP contribution in [0, 0.1) is 5.41 Å². The minimum atomic E-state index is -0.484. The molecule has 0 aromatic heterocycles. The van der Waals surface area contributed by atoms with Gasteiger partial charge in [0.1, 0.15) is 6.04 Å². The van der Waals surface area contributed by atoms with E-state index in [0.717, 1.165) is 5.56 Å². The first kappa shape index (κ1) is 18.7. The number of nitrogens with zero attached hydrogens (tertiary/aromatic N) is 2. The molecule has 1 heterocycles. The molecule has 2 rings (SSSR count). The van der Waals surface area contributed by atoms with Crippen molar-refractivity contribution >= 4 is 23.4 Å². The van der Waals surface area contributed by atoms with Gasteiger partial charge in [-0.1, -0.05) is 44.5 Å². The average Bonchev–Trinajstić information content (AvgIpc) is 2.48. The monoisotopic (exact) mass is 351 g/mol. The van der Waals surface area contributed by atoms with Crippen molar-refractivity contribution in [3.8, 4) is 0 Å². The van der Waals surface area contributed by atoms with Crippen molar-refractivity contribution in [2.24, 2.45) is 11.1 Å². The Kier molecular flexibility index (Phi) is 5.88. The third-order valence-corrected chi connectivity index (χ3v) is 4.42. The Morgan fingerprint density at radius 1 is 1.12 bits per heavy atom. The molecule has 0 unspecified atom stereocenters. The average molecular weight is 352 g/mol. The molecule has 1 fully saturated rings. The number of nitrogens with two attached hydrogens (primary N) is 1. The van der Waals surface area contributed by atoms with Gasteiger partial charge in [-0.15, -0.1) is 0 Å². The number of hydrogen-bond donors (Lipinski definition) is 1. The Morgan fingerprint density at radius 3 is 2.12 bits per heavy atom. The highest BCUT2D eigenvalue weighted by molar-refractivity contribution is 6.30. The number of benzene rings is 1. The lowest BCUT2D eigenvalue weighted by Crippen LogP contribution is -2.52. The van der Waals surface area contributed by atoms with Gasteiger partial charge in [-0.25, -0.2) is 0 Å². The van der Waals surface area contributed by atoms with Crippen LogP contribution in [0.25, 0.3) is 0 Å². The molecule has 1 aromatic rings. The van der Waals surface area contributed by atoms with E-state index in [1.54, 1.807) is 12.1 Å². The third kappa shape index (κ3) is 4.95. The molecule has 0 aliphatic carbocycles. The Morgan fingerprint density at radius 2 is 1.67 bits per heavy atom. The summed E-state index contributed by atoms with van der Waals surface area (Å²) in [6.07, 6.45) is 0.531.